The third-order valence-corrected chi connectivity index (χ3v) is 5.57. The zero-order valence-corrected chi connectivity index (χ0v) is 18.7. The Morgan fingerprint density at radius 1 is 1.28 bits per heavy atom. The van der Waals surface area contributed by atoms with E-state index >= 15 is 0 Å². The quantitative estimate of drug-likeness (QED) is 0.223. The molecule has 9 heteroatoms. The second kappa shape index (κ2) is 14.8. The van der Waals surface area contributed by atoms with Gasteiger partial charge in [0.25, 0.3) is 0 Å². The molecule has 0 aliphatic carbocycles. The Kier molecular flexibility index (Phi) is 13.7. The van der Waals surface area contributed by atoms with Gasteiger partial charge in [-0.1, -0.05) is 50.6 Å². The highest BCUT2D eigenvalue weighted by atomic mass is 31.2. The largest absolute Gasteiger partial charge is 0.350 e. The number of likely N-dealkylation sites (N-methyl/N-ethyl adjacent to an activating group) is 1. The lowest BCUT2D eigenvalue weighted by atomic mass is 10.1. The minimum Gasteiger partial charge on any atom is -0.350 e. The van der Waals surface area contributed by atoms with Crippen LogP contribution in [-0.4, -0.2) is 60.1 Å². The number of nitrogens with zero attached hydrogens (tertiary/aromatic N) is 1. The number of allylic oxidation sites excluding steroid dienone is 6. The lowest BCUT2D eigenvalue weighted by Gasteiger charge is -2.27. The molecule has 0 rings (SSSR count). The monoisotopic (exact) mass is 427 g/mol. The molecule has 0 aromatic carbocycles. The van der Waals surface area contributed by atoms with Crippen LogP contribution in [-0.2, 0) is 18.9 Å². The van der Waals surface area contributed by atoms with Gasteiger partial charge in [-0.2, -0.15) is 0 Å². The lowest BCUT2D eigenvalue weighted by molar-refractivity contribution is -0.138. The van der Waals surface area contributed by atoms with Gasteiger partial charge in [-0.3, -0.25) is 18.9 Å². The van der Waals surface area contributed by atoms with Crippen molar-refractivity contribution < 1.29 is 23.8 Å². The fourth-order valence-corrected chi connectivity index (χ4v) is 3.81. The lowest BCUT2D eigenvalue weighted by Crippen LogP contribution is -2.50. The van der Waals surface area contributed by atoms with E-state index in [1.807, 2.05) is 32.9 Å². The van der Waals surface area contributed by atoms with E-state index in [1.165, 1.54) is 11.9 Å². The topological polar surface area (TPSA) is 116 Å². The highest BCUT2D eigenvalue weighted by molar-refractivity contribution is 7.58. The molecule has 0 fully saturated rings. The summed E-state index contributed by atoms with van der Waals surface area (Å²) in [6.45, 7) is 5.48. The van der Waals surface area contributed by atoms with Crippen molar-refractivity contribution in [3.05, 3.63) is 36.0 Å². The summed E-state index contributed by atoms with van der Waals surface area (Å²) in [6.07, 6.45) is 10.9. The molecule has 0 saturated carbocycles. The van der Waals surface area contributed by atoms with Gasteiger partial charge in [0, 0.05) is 7.05 Å². The van der Waals surface area contributed by atoms with Gasteiger partial charge >= 0.3 is 0 Å². The summed E-state index contributed by atoms with van der Waals surface area (Å²) in [5.74, 6) is -0.912. The predicted molar refractivity (Wildman–Crippen MR) is 116 cm³/mol. The maximum absolute atomic E-state index is 12.6. The Labute approximate surface area is 173 Å². The number of nitrogens with one attached hydrogen (secondary N) is 2. The predicted octanol–water partition coefficient (Wildman–Crippen LogP) is 2.17. The second-order valence-electron chi connectivity index (χ2n) is 6.59. The summed E-state index contributed by atoms with van der Waals surface area (Å²) in [5, 5.41) is 4.78. The van der Waals surface area contributed by atoms with Gasteiger partial charge in [0.1, 0.15) is 6.04 Å². The van der Waals surface area contributed by atoms with E-state index in [4.69, 9.17) is 0 Å². The van der Waals surface area contributed by atoms with Crippen molar-refractivity contribution in [1.29, 1.82) is 0 Å². The van der Waals surface area contributed by atoms with Crippen LogP contribution in [0.3, 0.4) is 0 Å². The number of carbonyl (C=O) groups excluding carboxylic acids is 3. The Bertz CT molecular complexity index is 673. The molecule has 0 radical (unpaired) electrons. The maximum Gasteiger partial charge on any atom is 0.243 e. The Hall–Kier alpha value is -2.18. The summed E-state index contributed by atoms with van der Waals surface area (Å²) < 4.78 is 12.6. The Morgan fingerprint density at radius 2 is 1.97 bits per heavy atom. The van der Waals surface area contributed by atoms with Crippen molar-refractivity contribution in [1.82, 2.24) is 15.5 Å². The fraction of sp³-hybridized carbons (Fsp3) is 0.550. The zero-order valence-electron chi connectivity index (χ0n) is 17.8. The van der Waals surface area contributed by atoms with Crippen LogP contribution < -0.4 is 10.6 Å². The molecule has 0 aliphatic heterocycles. The van der Waals surface area contributed by atoms with E-state index in [1.54, 1.807) is 18.2 Å². The van der Waals surface area contributed by atoms with Gasteiger partial charge in [-0.05, 0) is 25.3 Å². The van der Waals surface area contributed by atoms with E-state index in [0.717, 1.165) is 6.42 Å². The summed E-state index contributed by atoms with van der Waals surface area (Å²) >= 11 is 0. The van der Waals surface area contributed by atoms with Crippen LogP contribution in [0.1, 0.15) is 40.0 Å². The SMILES string of the molecule is C\C=C/C=C(\C=C\CC)CP(=O)(O)CNC(=O)C(CCC)N(C)C(=O)CNC=O. The van der Waals surface area contributed by atoms with E-state index in [0.29, 0.717) is 24.8 Å². The average molecular weight is 427 g/mol. The molecule has 3 amide bonds. The second-order valence-corrected chi connectivity index (χ2v) is 8.91. The van der Waals surface area contributed by atoms with Gasteiger partial charge in [0.2, 0.25) is 25.6 Å². The van der Waals surface area contributed by atoms with E-state index in [9.17, 15) is 23.8 Å². The molecule has 0 aromatic rings. The first-order valence-corrected chi connectivity index (χ1v) is 11.7. The van der Waals surface area contributed by atoms with Gasteiger partial charge in [0.05, 0.1) is 19.0 Å². The van der Waals surface area contributed by atoms with Crippen molar-refractivity contribution in [3.63, 3.8) is 0 Å². The van der Waals surface area contributed by atoms with Crippen LogP contribution in [0.2, 0.25) is 0 Å². The first kappa shape index (κ1) is 26.8. The molecule has 29 heavy (non-hydrogen) atoms. The summed E-state index contributed by atoms with van der Waals surface area (Å²) in [4.78, 5) is 46.6. The number of hydrogen-bond acceptors (Lipinski definition) is 4. The fourth-order valence-electron chi connectivity index (χ4n) is 2.51. The normalized spacial score (nSPS) is 15.1. The third kappa shape index (κ3) is 11.4. The minimum absolute atomic E-state index is 0.0649. The molecule has 0 aromatic heterocycles. The maximum atomic E-state index is 12.6. The van der Waals surface area contributed by atoms with Crippen LogP contribution in [0, 0.1) is 0 Å². The van der Waals surface area contributed by atoms with E-state index < -0.39 is 25.2 Å². The van der Waals surface area contributed by atoms with E-state index in [2.05, 4.69) is 10.6 Å². The van der Waals surface area contributed by atoms with Crippen LogP contribution in [0.15, 0.2) is 36.0 Å². The van der Waals surface area contributed by atoms with Crippen LogP contribution in [0.5, 0.6) is 0 Å². The molecule has 3 N–H and O–H groups in total. The van der Waals surface area contributed by atoms with Crippen LogP contribution in [0.25, 0.3) is 0 Å². The van der Waals surface area contributed by atoms with Crippen molar-refractivity contribution in [2.45, 2.75) is 46.1 Å². The molecule has 0 saturated heterocycles. The Morgan fingerprint density at radius 3 is 2.52 bits per heavy atom. The molecule has 2 unspecified atom stereocenters. The van der Waals surface area contributed by atoms with Crippen LogP contribution >= 0.6 is 7.37 Å². The zero-order chi connectivity index (χ0) is 22.3. The summed E-state index contributed by atoms with van der Waals surface area (Å²) in [6, 6.07) is -0.779. The highest BCUT2D eigenvalue weighted by Gasteiger charge is 2.28. The third-order valence-electron chi connectivity index (χ3n) is 4.06. The van der Waals surface area contributed by atoms with Crippen molar-refractivity contribution in [2.75, 3.05) is 26.0 Å². The molecule has 0 aliphatic rings. The first-order valence-electron chi connectivity index (χ1n) is 9.71. The molecule has 2 atom stereocenters. The standard InChI is InChI=1S/C20H34N3O5P/c1-5-8-11-17(12-9-6-2)14-29(27,28)16-22-20(26)18(10-7-3)23(4)19(25)13-21-15-24/h5,8-9,11-12,15,18H,6-7,10,13-14,16H2,1-4H3,(H,21,24)(H,22,26)(H,27,28)/b8-5-,12-9+,17-11+. The Balaban J connectivity index is 5.09. The van der Waals surface area contributed by atoms with Crippen molar-refractivity contribution >= 4 is 25.6 Å². The van der Waals surface area contributed by atoms with Crippen LogP contribution in [0.4, 0.5) is 0 Å². The van der Waals surface area contributed by atoms with Gasteiger partial charge < -0.3 is 20.4 Å². The summed E-state index contributed by atoms with van der Waals surface area (Å²) in [5.41, 5.74) is 0.697. The smallest absolute Gasteiger partial charge is 0.243 e. The minimum atomic E-state index is -3.66. The number of amides is 3. The van der Waals surface area contributed by atoms with Crippen molar-refractivity contribution in [3.8, 4) is 0 Å². The molecular weight excluding hydrogens is 393 g/mol. The van der Waals surface area contributed by atoms with Gasteiger partial charge in [-0.25, -0.2) is 0 Å². The molecular formula is C20H34N3O5P. The van der Waals surface area contributed by atoms with Gasteiger partial charge in [0.15, 0.2) is 0 Å². The van der Waals surface area contributed by atoms with Crippen molar-refractivity contribution in [2.24, 2.45) is 0 Å². The number of rotatable bonds is 14. The molecule has 164 valence electrons. The molecule has 0 bridgehead atoms. The van der Waals surface area contributed by atoms with E-state index in [-0.39, 0.29) is 19.0 Å². The highest BCUT2D eigenvalue weighted by Crippen LogP contribution is 2.41. The molecule has 8 nitrogen and oxygen atoms in total. The molecule has 0 heterocycles. The summed E-state index contributed by atoms with van der Waals surface area (Å²) in [7, 11) is -2.19. The number of hydrogen-bond donors (Lipinski definition) is 3. The average Bonchev–Trinajstić information content (AvgIpc) is 2.69. The van der Waals surface area contributed by atoms with Gasteiger partial charge in [-0.15, -0.1) is 0 Å². The number of carbonyl (C=O) groups is 3. The first-order chi connectivity index (χ1) is 13.7. The molecule has 0 spiro atoms.